The predicted octanol–water partition coefficient (Wildman–Crippen LogP) is 2.97. The van der Waals surface area contributed by atoms with Gasteiger partial charge in [-0.05, 0) is 31.7 Å². The molecule has 20 heavy (non-hydrogen) atoms. The minimum Gasteiger partial charge on any atom is -0.481 e. The molecule has 0 amide bonds. The average molecular weight is 277 g/mol. The fraction of sp³-hybridized carbons (Fsp3) is 0.667. The van der Waals surface area contributed by atoms with Crippen molar-refractivity contribution < 1.29 is 9.90 Å². The third-order valence-electron chi connectivity index (χ3n) is 4.06. The molecule has 1 aliphatic carbocycles. The number of nitrogens with zero attached hydrogens (tertiary/aromatic N) is 2. The molecule has 0 saturated heterocycles. The first-order valence-corrected chi connectivity index (χ1v) is 7.26. The maximum atomic E-state index is 11.5. The molecule has 2 N–H and O–H groups in total. The molecule has 0 atom stereocenters. The number of aromatic nitrogens is 2. The van der Waals surface area contributed by atoms with Crippen LogP contribution in [0.15, 0.2) is 6.07 Å². The summed E-state index contributed by atoms with van der Waals surface area (Å²) in [7, 11) is 0. The molecule has 5 heteroatoms. The summed E-state index contributed by atoms with van der Waals surface area (Å²) in [5.41, 5.74) is 1.24. The van der Waals surface area contributed by atoms with Crippen molar-refractivity contribution in [1.82, 2.24) is 9.97 Å². The van der Waals surface area contributed by atoms with Gasteiger partial charge in [-0.1, -0.05) is 26.7 Å². The summed E-state index contributed by atoms with van der Waals surface area (Å²) in [6.45, 7) is 6.51. The first kappa shape index (κ1) is 14.8. The van der Waals surface area contributed by atoms with Crippen LogP contribution in [-0.4, -0.2) is 27.6 Å². The molecule has 5 nitrogen and oxygen atoms in total. The van der Waals surface area contributed by atoms with Gasteiger partial charge >= 0.3 is 5.97 Å². The first-order chi connectivity index (χ1) is 9.43. The number of rotatable bonds is 5. The van der Waals surface area contributed by atoms with Gasteiger partial charge in [0.15, 0.2) is 0 Å². The summed E-state index contributed by atoms with van der Waals surface area (Å²) in [6.07, 6.45) is 3.44. The molecule has 1 fully saturated rings. The number of anilines is 1. The van der Waals surface area contributed by atoms with Crippen LogP contribution in [0, 0.1) is 12.3 Å². The van der Waals surface area contributed by atoms with E-state index in [1.165, 1.54) is 0 Å². The van der Waals surface area contributed by atoms with Crippen molar-refractivity contribution >= 4 is 11.9 Å². The van der Waals surface area contributed by atoms with E-state index in [1.54, 1.807) is 0 Å². The Morgan fingerprint density at radius 3 is 2.60 bits per heavy atom. The molecule has 1 aromatic heterocycles. The van der Waals surface area contributed by atoms with Gasteiger partial charge in [-0.15, -0.1) is 0 Å². The van der Waals surface area contributed by atoms with Crippen LogP contribution in [0.25, 0.3) is 0 Å². The fourth-order valence-electron chi connectivity index (χ4n) is 2.73. The largest absolute Gasteiger partial charge is 0.481 e. The van der Waals surface area contributed by atoms with Crippen molar-refractivity contribution in [2.24, 2.45) is 5.41 Å². The van der Waals surface area contributed by atoms with Gasteiger partial charge in [0.25, 0.3) is 0 Å². The van der Waals surface area contributed by atoms with E-state index >= 15 is 0 Å². The van der Waals surface area contributed by atoms with Crippen molar-refractivity contribution in [1.29, 1.82) is 0 Å². The quantitative estimate of drug-likeness (QED) is 0.865. The topological polar surface area (TPSA) is 75.1 Å². The molecule has 0 aromatic carbocycles. The van der Waals surface area contributed by atoms with Gasteiger partial charge in [-0.25, -0.2) is 9.97 Å². The Balaban J connectivity index is 2.12. The summed E-state index contributed by atoms with van der Waals surface area (Å²) in [4.78, 5) is 20.3. The lowest BCUT2D eigenvalue weighted by atomic mass is 9.86. The summed E-state index contributed by atoms with van der Waals surface area (Å²) in [5, 5.41) is 12.6. The summed E-state index contributed by atoms with van der Waals surface area (Å²) < 4.78 is 0. The van der Waals surface area contributed by atoms with Crippen molar-refractivity contribution in [3.05, 3.63) is 17.5 Å². The average Bonchev–Trinajstić information content (AvgIpc) is 2.86. The Morgan fingerprint density at radius 1 is 1.40 bits per heavy atom. The van der Waals surface area contributed by atoms with E-state index in [0.29, 0.717) is 18.4 Å². The van der Waals surface area contributed by atoms with Crippen molar-refractivity contribution in [3.63, 3.8) is 0 Å². The molecular formula is C15H23N3O2. The van der Waals surface area contributed by atoms with E-state index in [2.05, 4.69) is 29.1 Å². The Morgan fingerprint density at radius 2 is 2.05 bits per heavy atom. The van der Waals surface area contributed by atoms with Crippen LogP contribution >= 0.6 is 0 Å². The van der Waals surface area contributed by atoms with Gasteiger partial charge in [-0.3, -0.25) is 4.79 Å². The molecule has 0 radical (unpaired) electrons. The van der Waals surface area contributed by atoms with Crippen LogP contribution < -0.4 is 5.32 Å². The number of nitrogens with one attached hydrogen (secondary N) is 1. The number of hydrogen-bond acceptors (Lipinski definition) is 4. The van der Waals surface area contributed by atoms with Gasteiger partial charge in [0.2, 0.25) is 5.95 Å². The Hall–Kier alpha value is -1.65. The van der Waals surface area contributed by atoms with E-state index in [-0.39, 0.29) is 0 Å². The van der Waals surface area contributed by atoms with Gasteiger partial charge in [0.05, 0.1) is 5.41 Å². The zero-order valence-corrected chi connectivity index (χ0v) is 12.4. The maximum Gasteiger partial charge on any atom is 0.311 e. The van der Waals surface area contributed by atoms with Crippen LogP contribution in [0.2, 0.25) is 0 Å². The van der Waals surface area contributed by atoms with E-state index in [9.17, 15) is 9.90 Å². The molecule has 2 rings (SSSR count). The number of carboxylic acid groups (broad SMARTS) is 1. The zero-order valence-electron chi connectivity index (χ0n) is 12.4. The van der Waals surface area contributed by atoms with Gasteiger partial charge in [0, 0.05) is 17.9 Å². The van der Waals surface area contributed by atoms with Crippen LogP contribution in [0.1, 0.15) is 56.8 Å². The summed E-state index contributed by atoms with van der Waals surface area (Å²) in [5.74, 6) is 0.164. The second kappa shape index (κ2) is 5.77. The number of hydrogen-bond donors (Lipinski definition) is 2. The second-order valence-corrected chi connectivity index (χ2v) is 6.06. The minimum absolute atomic E-state index is 0.331. The van der Waals surface area contributed by atoms with E-state index in [0.717, 1.165) is 37.1 Å². The first-order valence-electron chi connectivity index (χ1n) is 7.26. The lowest BCUT2D eigenvalue weighted by Gasteiger charge is -2.24. The molecule has 110 valence electrons. The number of carbonyl (C=O) groups is 1. The van der Waals surface area contributed by atoms with Crippen molar-refractivity contribution in [3.8, 4) is 0 Å². The number of aryl methyl sites for hydroxylation is 1. The van der Waals surface area contributed by atoms with Crippen molar-refractivity contribution in [2.75, 3.05) is 11.9 Å². The monoisotopic (exact) mass is 277 g/mol. The lowest BCUT2D eigenvalue weighted by Crippen LogP contribution is -2.35. The van der Waals surface area contributed by atoms with Crippen molar-refractivity contribution in [2.45, 2.75) is 52.4 Å². The molecule has 0 aliphatic heterocycles. The molecular weight excluding hydrogens is 254 g/mol. The normalized spacial score (nSPS) is 17.4. The third-order valence-corrected chi connectivity index (χ3v) is 4.06. The highest BCUT2D eigenvalue weighted by Crippen LogP contribution is 2.38. The Labute approximate surface area is 119 Å². The summed E-state index contributed by atoms with van der Waals surface area (Å²) in [6, 6.07) is 1.97. The molecule has 1 saturated carbocycles. The summed E-state index contributed by atoms with van der Waals surface area (Å²) >= 11 is 0. The maximum absolute atomic E-state index is 11.5. The fourth-order valence-corrected chi connectivity index (χ4v) is 2.73. The number of aliphatic carboxylic acids is 1. The Bertz CT molecular complexity index is 494. The van der Waals surface area contributed by atoms with Crippen LogP contribution in [0.4, 0.5) is 5.95 Å². The van der Waals surface area contributed by atoms with Gasteiger partial charge in [-0.2, -0.15) is 0 Å². The molecule has 0 spiro atoms. The van der Waals surface area contributed by atoms with Gasteiger partial charge < -0.3 is 10.4 Å². The standard InChI is InChI=1S/C15H23N3O2/c1-10(2)12-8-11(3)17-14(18-12)16-9-15(13(19)20)6-4-5-7-15/h8,10H,4-7,9H2,1-3H3,(H,19,20)(H,16,17,18). The molecule has 1 heterocycles. The minimum atomic E-state index is -0.709. The van der Waals surface area contributed by atoms with E-state index in [1.807, 2.05) is 13.0 Å². The Kier molecular flexibility index (Phi) is 4.26. The number of carboxylic acids is 1. The molecule has 1 aliphatic rings. The predicted molar refractivity (Wildman–Crippen MR) is 77.9 cm³/mol. The molecule has 0 bridgehead atoms. The molecule has 0 unspecified atom stereocenters. The third kappa shape index (κ3) is 3.08. The SMILES string of the molecule is Cc1cc(C(C)C)nc(NCC2(C(=O)O)CCCC2)n1. The van der Waals surface area contributed by atoms with Crippen LogP contribution in [-0.2, 0) is 4.79 Å². The van der Waals surface area contributed by atoms with E-state index < -0.39 is 11.4 Å². The van der Waals surface area contributed by atoms with Gasteiger partial charge in [0.1, 0.15) is 0 Å². The highest BCUT2D eigenvalue weighted by Gasteiger charge is 2.41. The van der Waals surface area contributed by atoms with Crippen LogP contribution in [0.5, 0.6) is 0 Å². The molecule has 1 aromatic rings. The van der Waals surface area contributed by atoms with E-state index in [4.69, 9.17) is 0 Å². The lowest BCUT2D eigenvalue weighted by molar-refractivity contribution is -0.147. The zero-order chi connectivity index (χ0) is 14.8. The van der Waals surface area contributed by atoms with Crippen LogP contribution in [0.3, 0.4) is 0 Å². The highest BCUT2D eigenvalue weighted by atomic mass is 16.4. The smallest absolute Gasteiger partial charge is 0.311 e. The highest BCUT2D eigenvalue weighted by molar-refractivity contribution is 5.75. The second-order valence-electron chi connectivity index (χ2n) is 6.06.